The van der Waals surface area contributed by atoms with Crippen molar-refractivity contribution >= 4 is 52.6 Å². The van der Waals surface area contributed by atoms with Crippen LogP contribution in [-0.4, -0.2) is 41.2 Å². The molecule has 0 aromatic heterocycles. The van der Waals surface area contributed by atoms with Crippen LogP contribution in [0.15, 0.2) is 18.2 Å². The van der Waals surface area contributed by atoms with Gasteiger partial charge in [-0.3, -0.25) is 19.3 Å². The molecule has 1 aromatic rings. The van der Waals surface area contributed by atoms with E-state index in [0.717, 1.165) is 24.2 Å². The number of likely N-dealkylation sites (tertiary alicyclic amines) is 1. The molecule has 0 unspecified atom stereocenters. The van der Waals surface area contributed by atoms with Crippen LogP contribution in [0, 0.1) is 29.6 Å². The molecule has 9 heteroatoms. The SMILES string of the molecule is CC(C)[C@@H](C(=O)OCC(=O)Nc1cc(Cl)ccc1Cl)N1C(=O)[C@@H]2[C@H]3CC[C@@H](C3)[C@@H]2C1=O. The second kappa shape index (κ2) is 8.43. The van der Waals surface area contributed by atoms with Crippen molar-refractivity contribution in [1.82, 2.24) is 4.90 Å². The van der Waals surface area contributed by atoms with Gasteiger partial charge in [0.1, 0.15) is 6.04 Å². The second-order valence-electron chi connectivity index (χ2n) is 8.90. The molecule has 2 saturated carbocycles. The Labute approximate surface area is 190 Å². The molecule has 1 saturated heterocycles. The highest BCUT2D eigenvalue weighted by atomic mass is 35.5. The zero-order valence-corrected chi connectivity index (χ0v) is 18.8. The number of esters is 1. The predicted octanol–water partition coefficient (Wildman–Crippen LogP) is 3.53. The number of amides is 3. The van der Waals surface area contributed by atoms with Crippen molar-refractivity contribution in [3.63, 3.8) is 0 Å². The summed E-state index contributed by atoms with van der Waals surface area (Å²) in [5, 5.41) is 3.22. The van der Waals surface area contributed by atoms with Gasteiger partial charge in [0.15, 0.2) is 6.61 Å². The molecule has 1 heterocycles. The Morgan fingerprint density at radius 2 is 1.74 bits per heavy atom. The Hall–Kier alpha value is -2.12. The number of halogens is 2. The highest BCUT2D eigenvalue weighted by molar-refractivity contribution is 6.35. The molecule has 3 aliphatic rings. The summed E-state index contributed by atoms with van der Waals surface area (Å²) in [6.45, 7) is 2.93. The average molecular weight is 467 g/mol. The van der Waals surface area contributed by atoms with Gasteiger partial charge in [-0.05, 0) is 55.2 Å². The van der Waals surface area contributed by atoms with Gasteiger partial charge in [0.2, 0.25) is 11.8 Å². The van der Waals surface area contributed by atoms with E-state index in [1.165, 1.54) is 12.1 Å². The molecule has 166 valence electrons. The standard InChI is InChI=1S/C22H24Cl2N2O5/c1-10(2)19(26-20(28)17-11-3-4-12(7-11)18(17)21(26)29)22(30)31-9-16(27)25-15-8-13(23)5-6-14(15)24/h5-6,8,10-12,17-19H,3-4,7,9H2,1-2H3,(H,25,27)/t11-,12-,17-,18+,19-/m0/s1. The summed E-state index contributed by atoms with van der Waals surface area (Å²) in [6.07, 6.45) is 2.84. The van der Waals surface area contributed by atoms with E-state index >= 15 is 0 Å². The number of nitrogens with zero attached hydrogens (tertiary/aromatic N) is 1. The monoisotopic (exact) mass is 466 g/mol. The van der Waals surface area contributed by atoms with Crippen LogP contribution in [0.2, 0.25) is 10.0 Å². The van der Waals surface area contributed by atoms with Gasteiger partial charge in [0, 0.05) is 5.02 Å². The van der Waals surface area contributed by atoms with Crippen molar-refractivity contribution in [2.45, 2.75) is 39.2 Å². The Balaban J connectivity index is 1.42. The van der Waals surface area contributed by atoms with Gasteiger partial charge < -0.3 is 10.1 Å². The van der Waals surface area contributed by atoms with Gasteiger partial charge in [-0.15, -0.1) is 0 Å². The number of nitrogens with one attached hydrogen (secondary N) is 1. The zero-order chi connectivity index (χ0) is 22.4. The van der Waals surface area contributed by atoms with Crippen LogP contribution in [0.3, 0.4) is 0 Å². The summed E-state index contributed by atoms with van der Waals surface area (Å²) < 4.78 is 5.20. The molecule has 3 amide bonds. The van der Waals surface area contributed by atoms with Crippen LogP contribution >= 0.6 is 23.2 Å². The van der Waals surface area contributed by atoms with Crippen LogP contribution < -0.4 is 5.32 Å². The number of carbonyl (C=O) groups excluding carboxylic acids is 4. The molecule has 3 fully saturated rings. The summed E-state index contributed by atoms with van der Waals surface area (Å²) in [7, 11) is 0. The number of carbonyl (C=O) groups is 4. The first-order valence-corrected chi connectivity index (χ1v) is 11.2. The Morgan fingerprint density at radius 1 is 1.13 bits per heavy atom. The zero-order valence-electron chi connectivity index (χ0n) is 17.3. The molecule has 7 nitrogen and oxygen atoms in total. The normalized spacial score (nSPS) is 27.6. The molecule has 31 heavy (non-hydrogen) atoms. The fourth-order valence-corrected chi connectivity index (χ4v) is 5.72. The van der Waals surface area contributed by atoms with Crippen molar-refractivity contribution < 1.29 is 23.9 Å². The lowest BCUT2D eigenvalue weighted by Crippen LogP contribution is -2.50. The quantitative estimate of drug-likeness (QED) is 0.511. The van der Waals surface area contributed by atoms with E-state index in [9.17, 15) is 19.2 Å². The molecule has 1 aliphatic heterocycles. The maximum absolute atomic E-state index is 13.1. The summed E-state index contributed by atoms with van der Waals surface area (Å²) in [5.41, 5.74) is 0.295. The summed E-state index contributed by atoms with van der Waals surface area (Å²) in [6, 6.07) is 3.55. The van der Waals surface area contributed by atoms with Crippen LogP contribution in [-0.2, 0) is 23.9 Å². The van der Waals surface area contributed by atoms with Crippen LogP contribution in [0.1, 0.15) is 33.1 Å². The van der Waals surface area contributed by atoms with Crippen LogP contribution in [0.25, 0.3) is 0 Å². The lowest BCUT2D eigenvalue weighted by Gasteiger charge is -2.28. The molecule has 1 aromatic carbocycles. The Morgan fingerprint density at radius 3 is 2.32 bits per heavy atom. The number of anilines is 1. The minimum Gasteiger partial charge on any atom is -0.454 e. The fourth-order valence-electron chi connectivity index (χ4n) is 5.38. The van der Waals surface area contributed by atoms with Crippen LogP contribution in [0.5, 0.6) is 0 Å². The molecule has 1 N–H and O–H groups in total. The van der Waals surface area contributed by atoms with E-state index in [4.69, 9.17) is 27.9 Å². The Kier molecular flexibility index (Phi) is 6.01. The number of benzene rings is 1. The summed E-state index contributed by atoms with van der Waals surface area (Å²) in [4.78, 5) is 52.3. The van der Waals surface area contributed by atoms with Crippen molar-refractivity contribution in [3.05, 3.63) is 28.2 Å². The van der Waals surface area contributed by atoms with Gasteiger partial charge in [0.05, 0.1) is 22.5 Å². The minimum absolute atomic E-state index is 0.230. The van der Waals surface area contributed by atoms with E-state index in [-0.39, 0.29) is 41.4 Å². The van der Waals surface area contributed by atoms with Gasteiger partial charge in [-0.2, -0.15) is 0 Å². The van der Waals surface area contributed by atoms with E-state index in [2.05, 4.69) is 5.32 Å². The third kappa shape index (κ3) is 3.94. The molecular formula is C22H24Cl2N2O5. The average Bonchev–Trinajstić information content (AvgIpc) is 3.39. The first-order chi connectivity index (χ1) is 14.7. The molecular weight excluding hydrogens is 443 g/mol. The number of imide groups is 1. The topological polar surface area (TPSA) is 92.8 Å². The second-order valence-corrected chi connectivity index (χ2v) is 9.74. The van der Waals surface area contributed by atoms with Gasteiger partial charge in [-0.1, -0.05) is 37.0 Å². The maximum Gasteiger partial charge on any atom is 0.330 e. The summed E-state index contributed by atoms with van der Waals surface area (Å²) >= 11 is 11.9. The maximum atomic E-state index is 13.1. The van der Waals surface area contributed by atoms with Gasteiger partial charge in [0.25, 0.3) is 5.91 Å². The third-order valence-electron chi connectivity index (χ3n) is 6.66. The molecule has 4 rings (SSSR count). The molecule has 2 aliphatic carbocycles. The number of hydrogen-bond donors (Lipinski definition) is 1. The first kappa shape index (κ1) is 22.1. The lowest BCUT2D eigenvalue weighted by molar-refractivity contribution is -0.162. The highest BCUT2D eigenvalue weighted by Gasteiger charge is 2.62. The number of ether oxygens (including phenoxy) is 1. The smallest absolute Gasteiger partial charge is 0.330 e. The minimum atomic E-state index is -1.05. The van der Waals surface area contributed by atoms with Gasteiger partial charge >= 0.3 is 5.97 Å². The van der Waals surface area contributed by atoms with Crippen molar-refractivity contribution in [2.75, 3.05) is 11.9 Å². The van der Waals surface area contributed by atoms with Crippen molar-refractivity contribution in [2.24, 2.45) is 29.6 Å². The van der Waals surface area contributed by atoms with Crippen LogP contribution in [0.4, 0.5) is 5.69 Å². The lowest BCUT2D eigenvalue weighted by atomic mass is 9.81. The van der Waals surface area contributed by atoms with Crippen molar-refractivity contribution in [1.29, 1.82) is 0 Å². The highest BCUT2D eigenvalue weighted by Crippen LogP contribution is 2.56. The first-order valence-electron chi connectivity index (χ1n) is 10.5. The largest absolute Gasteiger partial charge is 0.454 e. The number of hydrogen-bond acceptors (Lipinski definition) is 5. The number of rotatable bonds is 6. The van der Waals surface area contributed by atoms with E-state index < -0.39 is 24.5 Å². The van der Waals surface area contributed by atoms with Crippen molar-refractivity contribution in [3.8, 4) is 0 Å². The molecule has 0 spiro atoms. The summed E-state index contributed by atoms with van der Waals surface area (Å²) in [5.74, 6) is -2.42. The molecule has 2 bridgehead atoms. The Bertz CT molecular complexity index is 922. The fraction of sp³-hybridized carbons (Fsp3) is 0.545. The van der Waals surface area contributed by atoms with E-state index in [1.54, 1.807) is 19.9 Å². The predicted molar refractivity (Wildman–Crippen MR) is 114 cm³/mol. The number of fused-ring (bicyclic) bond motifs is 5. The molecule has 0 radical (unpaired) electrons. The third-order valence-corrected chi connectivity index (χ3v) is 7.23. The molecule has 5 atom stereocenters. The van der Waals surface area contributed by atoms with Gasteiger partial charge in [-0.25, -0.2) is 4.79 Å². The van der Waals surface area contributed by atoms with E-state index in [0.29, 0.717) is 15.7 Å². The van der Waals surface area contributed by atoms with E-state index in [1.807, 2.05) is 0 Å².